The first kappa shape index (κ1) is 17.2. The van der Waals surface area contributed by atoms with E-state index in [1.807, 2.05) is 24.3 Å². The molecule has 0 radical (unpaired) electrons. The molecule has 1 aromatic rings. The predicted octanol–water partition coefficient (Wildman–Crippen LogP) is 2.36. The van der Waals surface area contributed by atoms with Crippen molar-refractivity contribution in [1.82, 2.24) is 10.6 Å². The number of rotatable bonds is 7. The lowest BCUT2D eigenvalue weighted by molar-refractivity contribution is 0.0679. The molecule has 3 rings (SSSR count). The summed E-state index contributed by atoms with van der Waals surface area (Å²) in [5.74, 6) is 1.47. The minimum absolute atomic E-state index is 0.00977. The summed E-state index contributed by atoms with van der Waals surface area (Å²) in [4.78, 5) is 12.2. The van der Waals surface area contributed by atoms with Crippen molar-refractivity contribution < 1.29 is 14.3 Å². The Labute approximate surface area is 144 Å². The molecule has 2 heterocycles. The molecule has 2 fully saturated rings. The van der Waals surface area contributed by atoms with Gasteiger partial charge in [0, 0.05) is 18.7 Å². The van der Waals surface area contributed by atoms with Gasteiger partial charge in [0.2, 0.25) is 0 Å². The van der Waals surface area contributed by atoms with Gasteiger partial charge in [0.05, 0.1) is 6.10 Å². The van der Waals surface area contributed by atoms with Crippen molar-refractivity contribution in [2.75, 3.05) is 32.8 Å². The Bertz CT molecular complexity index is 506. The van der Waals surface area contributed by atoms with Crippen LogP contribution in [0.15, 0.2) is 24.3 Å². The molecule has 2 unspecified atom stereocenters. The Balaban J connectivity index is 1.38. The first-order chi connectivity index (χ1) is 11.8. The highest BCUT2D eigenvalue weighted by Crippen LogP contribution is 2.17. The number of carbonyl (C=O) groups excluding carboxylic acids is 1. The second-order valence-electron chi connectivity index (χ2n) is 6.73. The van der Waals surface area contributed by atoms with E-state index in [1.54, 1.807) is 0 Å². The zero-order valence-corrected chi connectivity index (χ0v) is 14.3. The van der Waals surface area contributed by atoms with Crippen LogP contribution in [0.2, 0.25) is 0 Å². The third-order valence-corrected chi connectivity index (χ3v) is 4.81. The molecule has 2 atom stereocenters. The van der Waals surface area contributed by atoms with Gasteiger partial charge in [-0.25, -0.2) is 0 Å². The number of hydrogen-bond donors (Lipinski definition) is 2. The van der Waals surface area contributed by atoms with Gasteiger partial charge in [-0.3, -0.25) is 4.79 Å². The normalized spacial score (nSPS) is 23.8. The molecular formula is C19H28N2O3. The van der Waals surface area contributed by atoms with Crippen molar-refractivity contribution >= 4 is 5.91 Å². The van der Waals surface area contributed by atoms with Crippen LogP contribution in [0.5, 0.6) is 5.75 Å². The van der Waals surface area contributed by atoms with Crippen molar-refractivity contribution in [3.8, 4) is 5.75 Å². The highest BCUT2D eigenvalue weighted by Gasteiger charge is 2.16. The molecule has 0 aliphatic carbocycles. The van der Waals surface area contributed by atoms with Crippen molar-refractivity contribution in [3.05, 3.63) is 29.8 Å². The van der Waals surface area contributed by atoms with E-state index in [9.17, 15) is 4.79 Å². The van der Waals surface area contributed by atoms with Crippen LogP contribution < -0.4 is 15.4 Å². The lowest BCUT2D eigenvalue weighted by Crippen LogP contribution is -2.33. The lowest BCUT2D eigenvalue weighted by Gasteiger charge is -2.22. The Morgan fingerprint density at radius 2 is 2.12 bits per heavy atom. The van der Waals surface area contributed by atoms with Gasteiger partial charge in [0.25, 0.3) is 5.91 Å². The van der Waals surface area contributed by atoms with Crippen LogP contribution in [0.25, 0.3) is 0 Å². The predicted molar refractivity (Wildman–Crippen MR) is 93.5 cm³/mol. The van der Waals surface area contributed by atoms with Crippen LogP contribution in [-0.4, -0.2) is 44.9 Å². The van der Waals surface area contributed by atoms with Gasteiger partial charge < -0.3 is 20.1 Å². The van der Waals surface area contributed by atoms with Crippen LogP contribution >= 0.6 is 0 Å². The molecular weight excluding hydrogens is 304 g/mol. The third kappa shape index (κ3) is 5.21. The van der Waals surface area contributed by atoms with Gasteiger partial charge in [-0.15, -0.1) is 0 Å². The number of piperidine rings is 1. The summed E-state index contributed by atoms with van der Waals surface area (Å²) in [6.07, 6.45) is 5.94. The fraction of sp³-hybridized carbons (Fsp3) is 0.632. The topological polar surface area (TPSA) is 59.6 Å². The van der Waals surface area contributed by atoms with E-state index in [4.69, 9.17) is 9.47 Å². The van der Waals surface area contributed by atoms with E-state index in [2.05, 4.69) is 10.6 Å². The third-order valence-electron chi connectivity index (χ3n) is 4.81. The van der Waals surface area contributed by atoms with E-state index < -0.39 is 0 Å². The van der Waals surface area contributed by atoms with Gasteiger partial charge in [-0.05, 0) is 75.4 Å². The van der Waals surface area contributed by atoms with Crippen LogP contribution in [0.1, 0.15) is 42.5 Å². The average molecular weight is 332 g/mol. The fourth-order valence-electron chi connectivity index (χ4n) is 3.33. The maximum atomic E-state index is 12.2. The van der Waals surface area contributed by atoms with Crippen molar-refractivity contribution in [1.29, 1.82) is 0 Å². The smallest absolute Gasteiger partial charge is 0.251 e. The Morgan fingerprint density at radius 3 is 2.83 bits per heavy atom. The number of nitrogens with one attached hydrogen (secondary N) is 2. The Hall–Kier alpha value is -1.59. The number of hydrogen-bond acceptors (Lipinski definition) is 4. The second-order valence-corrected chi connectivity index (χ2v) is 6.73. The van der Waals surface area contributed by atoms with Gasteiger partial charge in [-0.2, -0.15) is 0 Å². The molecule has 0 aromatic heterocycles. The second kappa shape index (κ2) is 9.04. The molecule has 2 aliphatic heterocycles. The van der Waals surface area contributed by atoms with Gasteiger partial charge >= 0.3 is 0 Å². The minimum Gasteiger partial charge on any atom is -0.491 e. The summed E-state index contributed by atoms with van der Waals surface area (Å²) < 4.78 is 11.3. The van der Waals surface area contributed by atoms with Crippen LogP contribution in [0.4, 0.5) is 0 Å². The van der Waals surface area contributed by atoms with Crippen LogP contribution in [-0.2, 0) is 4.74 Å². The zero-order valence-electron chi connectivity index (χ0n) is 14.3. The summed E-state index contributed by atoms with van der Waals surface area (Å²) in [6, 6.07) is 7.36. The molecule has 2 saturated heterocycles. The summed E-state index contributed by atoms with van der Waals surface area (Å²) in [7, 11) is 0. The molecule has 132 valence electrons. The molecule has 0 spiro atoms. The van der Waals surface area contributed by atoms with E-state index >= 15 is 0 Å². The first-order valence-corrected chi connectivity index (χ1v) is 9.14. The number of carbonyl (C=O) groups is 1. The summed E-state index contributed by atoms with van der Waals surface area (Å²) in [5.41, 5.74) is 0.682. The standard InChI is InChI=1S/C19H28N2O3/c22-19(21-11-9-15-3-1-10-20-13-15)16-5-7-17(8-6-16)24-14-18-4-2-12-23-18/h5-8,15,18,20H,1-4,9-14H2,(H,21,22). The molecule has 0 bridgehead atoms. The summed E-state index contributed by atoms with van der Waals surface area (Å²) in [5, 5.41) is 6.42. The van der Waals surface area contributed by atoms with E-state index in [0.717, 1.165) is 51.3 Å². The molecule has 24 heavy (non-hydrogen) atoms. The van der Waals surface area contributed by atoms with Crippen molar-refractivity contribution in [2.24, 2.45) is 5.92 Å². The molecule has 2 N–H and O–H groups in total. The van der Waals surface area contributed by atoms with E-state index in [1.165, 1.54) is 12.8 Å². The molecule has 0 saturated carbocycles. The number of ether oxygens (including phenoxy) is 2. The molecule has 5 heteroatoms. The Morgan fingerprint density at radius 1 is 1.25 bits per heavy atom. The largest absolute Gasteiger partial charge is 0.491 e. The molecule has 1 amide bonds. The maximum Gasteiger partial charge on any atom is 0.251 e. The first-order valence-electron chi connectivity index (χ1n) is 9.14. The quantitative estimate of drug-likeness (QED) is 0.805. The fourth-order valence-corrected chi connectivity index (χ4v) is 3.33. The van der Waals surface area contributed by atoms with Gasteiger partial charge in [0.15, 0.2) is 0 Å². The SMILES string of the molecule is O=C(NCCC1CCCNC1)c1ccc(OCC2CCCO2)cc1. The molecule has 2 aliphatic rings. The van der Waals surface area contributed by atoms with E-state index in [-0.39, 0.29) is 12.0 Å². The average Bonchev–Trinajstić information content (AvgIpc) is 3.15. The van der Waals surface area contributed by atoms with Gasteiger partial charge in [0.1, 0.15) is 12.4 Å². The number of amides is 1. The van der Waals surface area contributed by atoms with E-state index in [0.29, 0.717) is 18.1 Å². The van der Waals surface area contributed by atoms with Crippen molar-refractivity contribution in [2.45, 2.75) is 38.2 Å². The summed E-state index contributed by atoms with van der Waals surface area (Å²) >= 11 is 0. The van der Waals surface area contributed by atoms with Crippen LogP contribution in [0.3, 0.4) is 0 Å². The maximum absolute atomic E-state index is 12.2. The molecule has 5 nitrogen and oxygen atoms in total. The monoisotopic (exact) mass is 332 g/mol. The summed E-state index contributed by atoms with van der Waals surface area (Å²) in [6.45, 7) is 4.37. The minimum atomic E-state index is -0.00977. The Kier molecular flexibility index (Phi) is 6.49. The van der Waals surface area contributed by atoms with Gasteiger partial charge in [-0.1, -0.05) is 0 Å². The highest BCUT2D eigenvalue weighted by molar-refractivity contribution is 5.94. The van der Waals surface area contributed by atoms with Crippen molar-refractivity contribution in [3.63, 3.8) is 0 Å². The highest BCUT2D eigenvalue weighted by atomic mass is 16.5. The molecule has 1 aromatic carbocycles. The number of benzene rings is 1. The zero-order chi connectivity index (χ0) is 16.6. The lowest BCUT2D eigenvalue weighted by atomic mass is 9.96. The van der Waals surface area contributed by atoms with Crippen LogP contribution in [0, 0.1) is 5.92 Å².